The van der Waals surface area contributed by atoms with Crippen molar-refractivity contribution in [3.63, 3.8) is 0 Å². The Labute approximate surface area is 316 Å². The van der Waals surface area contributed by atoms with Crippen molar-refractivity contribution in [1.82, 2.24) is 30.6 Å². The van der Waals surface area contributed by atoms with Gasteiger partial charge in [-0.05, 0) is 106 Å². The minimum atomic E-state index is -4.38. The third kappa shape index (κ3) is 7.87. The number of nitrogens with zero attached hydrogens (tertiary/aromatic N) is 6. The van der Waals surface area contributed by atoms with Crippen LogP contribution in [0.15, 0.2) is 106 Å². The standard InChI is InChI=1S/C20H16F3N5O.C19H17F3N4O/c1-28(12-24)19(10-11-19)18-27-26-17(29-18)15-4-2-3-5-16(15)25-14-8-6-13(7-9-14)20(21,22)23;1-23-18(10-11-18)17-26-25-16(27-17)14-4-2-3-5-15(14)24-13-8-6-12(7-9-13)19(20,21)22/h2-9,25H,10-11H2,1H3;2-9,23-24H,10-11H2,1H3. The van der Waals surface area contributed by atoms with Gasteiger partial charge in [-0.15, -0.1) is 20.4 Å². The number of hydrogen-bond donors (Lipinski definition) is 3. The number of para-hydroxylation sites is 2. The topological polar surface area (TPSA) is 141 Å². The van der Waals surface area contributed by atoms with Gasteiger partial charge in [0, 0.05) is 18.4 Å². The van der Waals surface area contributed by atoms with Gasteiger partial charge >= 0.3 is 12.4 Å². The van der Waals surface area contributed by atoms with Crippen molar-refractivity contribution >= 4 is 22.7 Å². The third-order valence-electron chi connectivity index (χ3n) is 9.70. The van der Waals surface area contributed by atoms with Crippen LogP contribution < -0.4 is 16.0 Å². The molecule has 6 aromatic rings. The van der Waals surface area contributed by atoms with Crippen molar-refractivity contribution in [3.8, 4) is 29.1 Å². The van der Waals surface area contributed by atoms with Crippen molar-refractivity contribution in [2.75, 3.05) is 24.7 Å². The van der Waals surface area contributed by atoms with Gasteiger partial charge < -0.3 is 24.8 Å². The number of aromatic nitrogens is 4. The van der Waals surface area contributed by atoms with Crippen molar-refractivity contribution in [2.45, 2.75) is 49.1 Å². The van der Waals surface area contributed by atoms with Crippen LogP contribution in [-0.4, -0.2) is 39.4 Å². The van der Waals surface area contributed by atoms with Crippen LogP contribution in [0, 0.1) is 11.5 Å². The highest BCUT2D eigenvalue weighted by Crippen LogP contribution is 2.50. The molecule has 2 aliphatic rings. The monoisotopic (exact) mass is 773 g/mol. The Hall–Kier alpha value is -6.41. The lowest BCUT2D eigenvalue weighted by Crippen LogP contribution is -2.27. The Kier molecular flexibility index (Phi) is 9.93. The smallest absolute Gasteiger partial charge is 0.416 e. The molecule has 4 aromatic carbocycles. The van der Waals surface area contributed by atoms with Gasteiger partial charge in [0.2, 0.25) is 23.6 Å². The zero-order valence-corrected chi connectivity index (χ0v) is 29.8. The Morgan fingerprint density at radius 1 is 0.625 bits per heavy atom. The molecule has 0 bridgehead atoms. The van der Waals surface area contributed by atoms with E-state index in [9.17, 15) is 31.6 Å². The summed E-state index contributed by atoms with van der Waals surface area (Å²) in [6.07, 6.45) is -3.26. The molecule has 2 heterocycles. The van der Waals surface area contributed by atoms with E-state index in [2.05, 4.69) is 42.5 Å². The van der Waals surface area contributed by atoms with E-state index >= 15 is 0 Å². The molecule has 2 fully saturated rings. The summed E-state index contributed by atoms with van der Waals surface area (Å²) in [4.78, 5) is 1.51. The molecule has 0 aliphatic heterocycles. The highest BCUT2D eigenvalue weighted by molar-refractivity contribution is 5.78. The lowest BCUT2D eigenvalue weighted by Gasteiger charge is -2.17. The van der Waals surface area contributed by atoms with E-state index in [1.807, 2.05) is 31.3 Å². The van der Waals surface area contributed by atoms with Gasteiger partial charge in [-0.2, -0.15) is 31.6 Å². The maximum atomic E-state index is 12.7. The minimum absolute atomic E-state index is 0.235. The molecule has 2 saturated carbocycles. The first-order valence-electron chi connectivity index (χ1n) is 17.3. The van der Waals surface area contributed by atoms with Crippen LogP contribution in [0.3, 0.4) is 0 Å². The van der Waals surface area contributed by atoms with Crippen LogP contribution in [0.25, 0.3) is 22.9 Å². The minimum Gasteiger partial charge on any atom is -0.419 e. The lowest BCUT2D eigenvalue weighted by molar-refractivity contribution is -0.138. The molecule has 0 radical (unpaired) electrons. The first-order valence-corrected chi connectivity index (χ1v) is 17.3. The molecule has 11 nitrogen and oxygen atoms in total. The highest BCUT2D eigenvalue weighted by atomic mass is 19.4. The summed E-state index contributed by atoms with van der Waals surface area (Å²) in [7, 11) is 3.54. The van der Waals surface area contributed by atoms with Crippen LogP contribution in [0.2, 0.25) is 0 Å². The normalized spacial score (nSPS) is 15.2. The zero-order chi connectivity index (χ0) is 39.7. The third-order valence-corrected chi connectivity index (χ3v) is 9.70. The molecule has 17 heteroatoms. The van der Waals surface area contributed by atoms with E-state index in [-0.39, 0.29) is 11.4 Å². The summed E-state index contributed by atoms with van der Waals surface area (Å²) >= 11 is 0. The van der Waals surface area contributed by atoms with Crippen molar-refractivity contribution < 1.29 is 35.2 Å². The Morgan fingerprint density at radius 2 is 1.05 bits per heavy atom. The average molecular weight is 774 g/mol. The van der Waals surface area contributed by atoms with Crippen molar-refractivity contribution in [1.29, 1.82) is 5.26 Å². The fourth-order valence-electron chi connectivity index (χ4n) is 6.00. The predicted molar refractivity (Wildman–Crippen MR) is 193 cm³/mol. The molecule has 0 atom stereocenters. The summed E-state index contributed by atoms with van der Waals surface area (Å²) < 4.78 is 88.1. The molecular formula is C39H33F6N9O2. The number of benzene rings is 4. The fraction of sp³-hybridized carbons (Fsp3) is 0.256. The van der Waals surface area contributed by atoms with E-state index in [4.69, 9.17) is 8.83 Å². The Bertz CT molecular complexity index is 2340. The van der Waals surface area contributed by atoms with Crippen molar-refractivity contribution in [3.05, 3.63) is 120 Å². The van der Waals surface area contributed by atoms with Crippen LogP contribution >= 0.6 is 0 Å². The van der Waals surface area contributed by atoms with Gasteiger partial charge in [0.1, 0.15) is 5.54 Å². The molecule has 3 N–H and O–H groups in total. The molecule has 0 saturated heterocycles. The van der Waals surface area contributed by atoms with Crippen LogP contribution in [-0.2, 0) is 23.4 Å². The second kappa shape index (κ2) is 14.7. The Balaban J connectivity index is 0.000000172. The number of anilines is 4. The number of halogens is 6. The predicted octanol–water partition coefficient (Wildman–Crippen LogP) is 9.61. The number of alkyl halides is 6. The summed E-state index contributed by atoms with van der Waals surface area (Å²) in [6, 6.07) is 24.0. The van der Waals surface area contributed by atoms with Crippen LogP contribution in [0.4, 0.5) is 49.1 Å². The van der Waals surface area contributed by atoms with E-state index in [0.29, 0.717) is 51.5 Å². The quantitative estimate of drug-likeness (QED) is 0.0696. The molecule has 0 unspecified atom stereocenters. The summed E-state index contributed by atoms with van der Waals surface area (Å²) in [5.41, 5.74) is 1.42. The largest absolute Gasteiger partial charge is 0.419 e. The van der Waals surface area contributed by atoms with Gasteiger partial charge in [-0.1, -0.05) is 24.3 Å². The van der Waals surface area contributed by atoms with Crippen molar-refractivity contribution in [2.24, 2.45) is 0 Å². The molecule has 2 aliphatic carbocycles. The lowest BCUT2D eigenvalue weighted by atomic mass is 10.1. The summed E-state index contributed by atoms with van der Waals surface area (Å²) in [5.74, 6) is 1.55. The SMILES string of the molecule is CN(C#N)C1(c2nnc(-c3ccccc3Nc3ccc(C(F)(F)F)cc3)o2)CC1.CNC1(c2nnc(-c3ccccc3Nc3ccc(C(F)(F)F)cc3)o2)CC1. The number of nitriles is 1. The second-order valence-electron chi connectivity index (χ2n) is 13.3. The molecule has 0 spiro atoms. The zero-order valence-electron chi connectivity index (χ0n) is 29.8. The molecule has 2 aromatic heterocycles. The first-order chi connectivity index (χ1) is 26.7. The number of nitrogens with one attached hydrogen (secondary N) is 3. The van der Waals surface area contributed by atoms with Crippen LogP contribution in [0.5, 0.6) is 0 Å². The van der Waals surface area contributed by atoms with Gasteiger partial charge in [0.05, 0.1) is 39.2 Å². The molecule has 56 heavy (non-hydrogen) atoms. The molecule has 8 rings (SSSR count). The number of hydrogen-bond acceptors (Lipinski definition) is 11. The molecule has 288 valence electrons. The first kappa shape index (κ1) is 37.9. The van der Waals surface area contributed by atoms with E-state index in [0.717, 1.165) is 49.9 Å². The van der Waals surface area contributed by atoms with E-state index in [1.165, 1.54) is 29.2 Å². The molecule has 0 amide bonds. The highest BCUT2D eigenvalue weighted by Gasteiger charge is 2.53. The van der Waals surface area contributed by atoms with Gasteiger partial charge in [-0.3, -0.25) is 4.90 Å². The molecular weight excluding hydrogens is 740 g/mol. The van der Waals surface area contributed by atoms with E-state index in [1.54, 1.807) is 31.3 Å². The van der Waals surface area contributed by atoms with Crippen LogP contribution in [0.1, 0.15) is 48.6 Å². The van der Waals surface area contributed by atoms with Gasteiger partial charge in [-0.25, -0.2) is 0 Å². The summed E-state index contributed by atoms with van der Waals surface area (Å²) in [6.45, 7) is 0. The van der Waals surface area contributed by atoms with Gasteiger partial charge in [0.15, 0.2) is 6.19 Å². The fourth-order valence-corrected chi connectivity index (χ4v) is 6.00. The maximum Gasteiger partial charge on any atom is 0.416 e. The Morgan fingerprint density at radius 3 is 1.45 bits per heavy atom. The number of rotatable bonds is 10. The summed E-state index contributed by atoms with van der Waals surface area (Å²) in [5, 5.41) is 35.1. The second-order valence-corrected chi connectivity index (χ2v) is 13.3. The maximum absolute atomic E-state index is 12.7. The average Bonchev–Trinajstić information content (AvgIpc) is 4.07. The van der Waals surface area contributed by atoms with E-state index < -0.39 is 29.0 Å². The van der Waals surface area contributed by atoms with Gasteiger partial charge in [0.25, 0.3) is 0 Å².